The Morgan fingerprint density at radius 3 is 2.50 bits per heavy atom. The molecule has 28 heavy (non-hydrogen) atoms. The topological polar surface area (TPSA) is 68.8 Å². The molecule has 1 aliphatic heterocycles. The van der Waals surface area contributed by atoms with E-state index < -0.39 is 0 Å². The third-order valence-corrected chi connectivity index (χ3v) is 6.55. The van der Waals surface area contributed by atoms with Crippen LogP contribution in [-0.4, -0.2) is 49.6 Å². The Kier molecular flexibility index (Phi) is 5.90. The molecule has 2 aliphatic carbocycles. The Bertz CT molecular complexity index is 692. The van der Waals surface area contributed by atoms with E-state index in [0.29, 0.717) is 12.1 Å². The van der Waals surface area contributed by atoms with E-state index in [1.54, 1.807) is 0 Å². The number of carbonyl (C=O) groups is 1. The van der Waals surface area contributed by atoms with Crippen LogP contribution in [0.4, 0.5) is 0 Å². The van der Waals surface area contributed by atoms with Gasteiger partial charge in [-0.25, -0.2) is 0 Å². The highest BCUT2D eigenvalue weighted by molar-refractivity contribution is 5.78. The maximum absolute atomic E-state index is 12.3. The molecule has 2 saturated carbocycles. The van der Waals surface area contributed by atoms with Crippen molar-refractivity contribution in [3.63, 3.8) is 0 Å². The Morgan fingerprint density at radius 1 is 1.11 bits per heavy atom. The van der Waals surface area contributed by atoms with Gasteiger partial charge in [0.2, 0.25) is 0 Å². The van der Waals surface area contributed by atoms with Crippen molar-refractivity contribution in [2.45, 2.75) is 76.3 Å². The molecular weight excluding hydrogens is 356 g/mol. The predicted octanol–water partition coefficient (Wildman–Crippen LogP) is 2.60. The lowest BCUT2D eigenvalue weighted by atomic mass is 9.83. The standard InChI is InChI=1S/C22H32N2O4/c1-15-4-3-5-20(16(15)2)26-14-21(25)24-19-7-6-18(19)23-17-8-10-22(11-9-17)27-12-13-28-22/h3-5,17-19,23H,6-14H2,1-2H3,(H,24,25)/t18-,19+/m1/s1. The van der Waals surface area contributed by atoms with Gasteiger partial charge in [-0.05, 0) is 56.7 Å². The summed E-state index contributed by atoms with van der Waals surface area (Å²) in [5.41, 5.74) is 2.26. The van der Waals surface area contributed by atoms with Crippen molar-refractivity contribution in [2.24, 2.45) is 0 Å². The number of rotatable bonds is 6. The van der Waals surface area contributed by atoms with Gasteiger partial charge in [0.25, 0.3) is 5.91 Å². The molecule has 0 unspecified atom stereocenters. The third-order valence-electron chi connectivity index (χ3n) is 6.55. The highest BCUT2D eigenvalue weighted by Crippen LogP contribution is 2.36. The molecule has 4 rings (SSSR count). The number of benzene rings is 1. The van der Waals surface area contributed by atoms with Crippen molar-refractivity contribution in [3.8, 4) is 5.75 Å². The lowest BCUT2D eigenvalue weighted by Gasteiger charge is -2.43. The van der Waals surface area contributed by atoms with E-state index in [2.05, 4.69) is 10.6 Å². The number of nitrogens with one attached hydrogen (secondary N) is 2. The van der Waals surface area contributed by atoms with E-state index in [4.69, 9.17) is 14.2 Å². The minimum absolute atomic E-state index is 0.0484. The highest BCUT2D eigenvalue weighted by Gasteiger charge is 2.42. The van der Waals surface area contributed by atoms with Gasteiger partial charge >= 0.3 is 0 Å². The quantitative estimate of drug-likeness (QED) is 0.784. The number of ether oxygens (including phenoxy) is 3. The van der Waals surface area contributed by atoms with Crippen LogP contribution in [0.2, 0.25) is 0 Å². The van der Waals surface area contributed by atoms with Crippen LogP contribution in [0.1, 0.15) is 49.7 Å². The molecule has 3 aliphatic rings. The summed E-state index contributed by atoms with van der Waals surface area (Å²) in [6.07, 6.45) is 6.17. The van der Waals surface area contributed by atoms with Gasteiger partial charge in [0.15, 0.2) is 12.4 Å². The Morgan fingerprint density at radius 2 is 1.82 bits per heavy atom. The second-order valence-corrected chi connectivity index (χ2v) is 8.39. The van der Waals surface area contributed by atoms with Crippen molar-refractivity contribution in [1.29, 1.82) is 0 Å². The first-order valence-corrected chi connectivity index (χ1v) is 10.6. The number of aryl methyl sites for hydroxylation is 1. The minimum Gasteiger partial charge on any atom is -0.483 e. The average Bonchev–Trinajstić information content (AvgIpc) is 3.14. The molecule has 1 aromatic carbocycles. The fourth-order valence-corrected chi connectivity index (χ4v) is 4.46. The van der Waals surface area contributed by atoms with Crippen LogP contribution in [0.5, 0.6) is 5.75 Å². The molecule has 1 heterocycles. The van der Waals surface area contributed by atoms with Crippen molar-refractivity contribution in [1.82, 2.24) is 10.6 Å². The lowest BCUT2D eigenvalue weighted by molar-refractivity contribution is -0.180. The Balaban J connectivity index is 1.19. The second kappa shape index (κ2) is 8.39. The van der Waals surface area contributed by atoms with Gasteiger partial charge in [-0.15, -0.1) is 0 Å². The SMILES string of the molecule is Cc1cccc(OCC(=O)N[C@H]2CC[C@H]2NC2CCC3(CC2)OCCO3)c1C. The lowest BCUT2D eigenvalue weighted by Crippen LogP contribution is -2.60. The molecule has 0 aromatic heterocycles. The Labute approximate surface area is 167 Å². The molecule has 1 saturated heterocycles. The summed E-state index contributed by atoms with van der Waals surface area (Å²) in [5.74, 6) is 0.426. The molecule has 1 spiro atoms. The Hall–Kier alpha value is -1.63. The van der Waals surface area contributed by atoms with E-state index in [1.165, 1.54) is 5.56 Å². The first-order chi connectivity index (χ1) is 13.5. The third kappa shape index (κ3) is 4.34. The van der Waals surface area contributed by atoms with E-state index in [0.717, 1.165) is 63.1 Å². The molecule has 154 valence electrons. The molecule has 3 fully saturated rings. The van der Waals surface area contributed by atoms with Crippen LogP contribution in [0.15, 0.2) is 18.2 Å². The zero-order valence-corrected chi connectivity index (χ0v) is 17.0. The summed E-state index contributed by atoms with van der Waals surface area (Å²) >= 11 is 0. The molecule has 1 aromatic rings. The van der Waals surface area contributed by atoms with Gasteiger partial charge < -0.3 is 24.8 Å². The van der Waals surface area contributed by atoms with Gasteiger partial charge in [-0.3, -0.25) is 4.79 Å². The van der Waals surface area contributed by atoms with Crippen LogP contribution in [0.25, 0.3) is 0 Å². The molecule has 2 atom stereocenters. The van der Waals surface area contributed by atoms with E-state index in [-0.39, 0.29) is 24.3 Å². The summed E-state index contributed by atoms with van der Waals surface area (Å²) in [7, 11) is 0. The number of amides is 1. The monoisotopic (exact) mass is 388 g/mol. The van der Waals surface area contributed by atoms with Crippen molar-refractivity contribution in [3.05, 3.63) is 29.3 Å². The molecule has 6 nitrogen and oxygen atoms in total. The van der Waals surface area contributed by atoms with Crippen LogP contribution >= 0.6 is 0 Å². The zero-order valence-electron chi connectivity index (χ0n) is 17.0. The van der Waals surface area contributed by atoms with E-state index in [1.807, 2.05) is 32.0 Å². The summed E-state index contributed by atoms with van der Waals surface area (Å²) in [5, 5.41) is 6.87. The van der Waals surface area contributed by atoms with E-state index in [9.17, 15) is 4.79 Å². The maximum Gasteiger partial charge on any atom is 0.258 e. The first-order valence-electron chi connectivity index (χ1n) is 10.6. The normalized spacial score (nSPS) is 26.8. The largest absolute Gasteiger partial charge is 0.483 e. The number of hydrogen-bond donors (Lipinski definition) is 2. The zero-order chi connectivity index (χ0) is 19.6. The van der Waals surface area contributed by atoms with Crippen LogP contribution in [0, 0.1) is 13.8 Å². The summed E-state index contributed by atoms with van der Waals surface area (Å²) in [6, 6.07) is 6.95. The molecular formula is C22H32N2O4. The van der Waals surface area contributed by atoms with Gasteiger partial charge in [-0.2, -0.15) is 0 Å². The number of hydrogen-bond acceptors (Lipinski definition) is 5. The summed E-state index contributed by atoms with van der Waals surface area (Å²) in [6.45, 7) is 5.57. The minimum atomic E-state index is -0.309. The fourth-order valence-electron chi connectivity index (χ4n) is 4.46. The summed E-state index contributed by atoms with van der Waals surface area (Å²) in [4.78, 5) is 12.3. The molecule has 6 heteroatoms. The first kappa shape index (κ1) is 19.7. The molecule has 0 radical (unpaired) electrons. The maximum atomic E-state index is 12.3. The number of carbonyl (C=O) groups excluding carboxylic acids is 1. The molecule has 1 amide bonds. The second-order valence-electron chi connectivity index (χ2n) is 8.39. The van der Waals surface area contributed by atoms with Gasteiger partial charge in [0, 0.05) is 31.0 Å². The van der Waals surface area contributed by atoms with Crippen LogP contribution in [-0.2, 0) is 14.3 Å². The van der Waals surface area contributed by atoms with E-state index >= 15 is 0 Å². The van der Waals surface area contributed by atoms with Crippen LogP contribution < -0.4 is 15.4 Å². The van der Waals surface area contributed by atoms with Gasteiger partial charge in [0.05, 0.1) is 13.2 Å². The predicted molar refractivity (Wildman–Crippen MR) is 106 cm³/mol. The van der Waals surface area contributed by atoms with Crippen molar-refractivity contribution >= 4 is 5.91 Å². The van der Waals surface area contributed by atoms with Crippen molar-refractivity contribution < 1.29 is 19.0 Å². The van der Waals surface area contributed by atoms with Gasteiger partial charge in [0.1, 0.15) is 5.75 Å². The van der Waals surface area contributed by atoms with Gasteiger partial charge in [-0.1, -0.05) is 12.1 Å². The molecule has 0 bridgehead atoms. The van der Waals surface area contributed by atoms with Crippen LogP contribution in [0.3, 0.4) is 0 Å². The fraction of sp³-hybridized carbons (Fsp3) is 0.682. The highest BCUT2D eigenvalue weighted by atomic mass is 16.7. The molecule has 2 N–H and O–H groups in total. The van der Waals surface area contributed by atoms with Crippen molar-refractivity contribution in [2.75, 3.05) is 19.8 Å². The smallest absolute Gasteiger partial charge is 0.258 e. The summed E-state index contributed by atoms with van der Waals surface area (Å²) < 4.78 is 17.3. The average molecular weight is 389 g/mol.